The summed E-state index contributed by atoms with van der Waals surface area (Å²) in [6, 6.07) is 0. The summed E-state index contributed by atoms with van der Waals surface area (Å²) in [4.78, 5) is 80.2. The molecule has 328 valence electrons. The van der Waals surface area contributed by atoms with E-state index in [1.807, 2.05) is 6.92 Å². The summed E-state index contributed by atoms with van der Waals surface area (Å²) >= 11 is 0. The number of nitrogens with two attached hydrogens (primary N) is 2. The molecule has 2 fully saturated rings. The van der Waals surface area contributed by atoms with Crippen molar-refractivity contribution < 1.29 is 85.0 Å². The first-order valence-electron chi connectivity index (χ1n) is 17.2. The van der Waals surface area contributed by atoms with Crippen LogP contribution in [0.15, 0.2) is 28.0 Å². The van der Waals surface area contributed by atoms with Gasteiger partial charge in [0.2, 0.25) is 5.95 Å². The van der Waals surface area contributed by atoms with Gasteiger partial charge in [-0.05, 0) is 12.0 Å². The number of aliphatic hydroxyl groups is 2. The summed E-state index contributed by atoms with van der Waals surface area (Å²) in [5.41, 5.74) is 12.5. The number of aliphatic hydroxyl groups excluding tert-OH is 2. The molecule has 32 heteroatoms. The second-order valence-electron chi connectivity index (χ2n) is 13.2. The molecule has 0 aromatic carbocycles. The lowest BCUT2D eigenvalue weighted by atomic mass is 10.1. The summed E-state index contributed by atoms with van der Waals surface area (Å²) in [7, 11) is -19.6. The molecule has 0 aliphatic carbocycles. The van der Waals surface area contributed by atoms with Gasteiger partial charge in [-0.15, -0.1) is 0 Å². The number of phosphoric acid groups is 2. The minimum absolute atomic E-state index is 0.104. The summed E-state index contributed by atoms with van der Waals surface area (Å²) in [5.74, 6) is -0.0907. The maximum absolute atomic E-state index is 13.6. The van der Waals surface area contributed by atoms with E-state index in [2.05, 4.69) is 29.2 Å². The van der Waals surface area contributed by atoms with Crippen molar-refractivity contribution in [2.45, 2.75) is 68.8 Å². The molecule has 12 N–H and O–H groups in total. The van der Waals surface area contributed by atoms with Crippen LogP contribution in [0, 0.1) is 0 Å². The predicted octanol–water partition coefficient (Wildman–Crippen LogP) is -0.685. The maximum atomic E-state index is 13.6. The molecule has 28 nitrogen and oxygen atoms in total. The molecular formula is C27H41N9O19P4. The number of H-pyrrole nitrogens is 1. The summed E-state index contributed by atoms with van der Waals surface area (Å²) < 4.78 is 89.2. The highest BCUT2D eigenvalue weighted by Crippen LogP contribution is 2.59. The van der Waals surface area contributed by atoms with Gasteiger partial charge in [-0.2, -0.15) is 4.98 Å². The number of aromatic amines is 1. The molecule has 3 unspecified atom stereocenters. The Bertz CT molecular complexity index is 2360. The molecule has 59 heavy (non-hydrogen) atoms. The number of rotatable bonds is 17. The van der Waals surface area contributed by atoms with E-state index in [1.165, 1.54) is 18.0 Å². The van der Waals surface area contributed by atoms with E-state index in [0.717, 1.165) is 16.5 Å². The highest BCUT2D eigenvalue weighted by atomic mass is 31.3. The molecular weight excluding hydrogens is 878 g/mol. The Morgan fingerprint density at radius 3 is 2.24 bits per heavy atom. The fourth-order valence-electron chi connectivity index (χ4n) is 6.45. The standard InChI is InChI=1S/C27H41N9O19P4/c1-3-12-4-5-30-22-16(15(12)28)31-10-35(22)26-21(49-2)20(14(53-26)9-50-56(40,41)6-7-57(42,43)55-58(44,45)46)54-59(47,48)51-8-13-18(37)19(38)25(52-13)36-11-32-17-23(36)33-27(29)34-24(17)39/h5,10-11,13-14,18-21,25-26,37-38H,3-4,6-9,28H2,1-2H3,(H,40,41)(H,42,43)(H,47,48)(H2,44,45,46)(H3,29,33,34,39)/t13-,14-,18-,19-,20-,21-,25-,26-/m1/s1. The average molecular weight is 920 g/mol. The monoisotopic (exact) mass is 919 g/mol. The van der Waals surface area contributed by atoms with Gasteiger partial charge in [-0.1, -0.05) is 6.92 Å². The number of hydrogen-bond donors (Lipinski definition) is 10. The molecule has 6 rings (SSSR count). The van der Waals surface area contributed by atoms with Crippen molar-refractivity contribution in [3.63, 3.8) is 0 Å². The average Bonchev–Trinajstić information content (AvgIpc) is 3.88. The minimum Gasteiger partial charge on any atom is -0.397 e. The number of ether oxygens (including phenoxy) is 3. The number of aliphatic imine (C=N–C) groups is 1. The molecule has 0 amide bonds. The number of nitrogens with zero attached hydrogens (tertiary/aromatic N) is 6. The lowest BCUT2D eigenvalue weighted by Crippen LogP contribution is -2.38. The first-order valence-corrected chi connectivity index (χ1v) is 23.8. The lowest BCUT2D eigenvalue weighted by molar-refractivity contribution is -0.0581. The number of fused-ring (bicyclic) bond motifs is 2. The van der Waals surface area contributed by atoms with Gasteiger partial charge < -0.3 is 64.9 Å². The third-order valence-electron chi connectivity index (χ3n) is 9.27. The van der Waals surface area contributed by atoms with Gasteiger partial charge in [0, 0.05) is 19.7 Å². The number of hydrogen-bond acceptors (Lipinski definition) is 20. The number of nitrogen functional groups attached to an aromatic ring is 1. The Kier molecular flexibility index (Phi) is 13.4. The van der Waals surface area contributed by atoms with Gasteiger partial charge in [-0.25, -0.2) is 28.4 Å². The number of aromatic nitrogens is 6. The Labute approximate surface area is 331 Å². The topological polar surface area (TPSA) is 420 Å². The number of imidazole rings is 2. The van der Waals surface area contributed by atoms with Gasteiger partial charge in [0.15, 0.2) is 29.4 Å². The van der Waals surface area contributed by atoms with Crippen molar-refractivity contribution in [2.24, 2.45) is 10.7 Å². The number of anilines is 1. The fraction of sp³-hybridized carbons (Fsp3) is 0.593. The third-order valence-corrected chi connectivity index (χ3v) is 14.6. The van der Waals surface area contributed by atoms with E-state index < -0.39 is 111 Å². The van der Waals surface area contributed by atoms with Gasteiger partial charge in [-0.3, -0.25) is 37.1 Å². The molecule has 3 aliphatic rings. The third kappa shape index (κ3) is 10.2. The van der Waals surface area contributed by atoms with Crippen LogP contribution in [0.2, 0.25) is 0 Å². The van der Waals surface area contributed by atoms with Crippen LogP contribution in [0.25, 0.3) is 16.9 Å². The van der Waals surface area contributed by atoms with E-state index in [0.29, 0.717) is 18.5 Å². The van der Waals surface area contributed by atoms with E-state index >= 15 is 0 Å². The van der Waals surface area contributed by atoms with Crippen LogP contribution in [-0.4, -0.2) is 139 Å². The highest BCUT2D eigenvalue weighted by molar-refractivity contribution is 7.64. The molecule has 3 aliphatic heterocycles. The zero-order valence-electron chi connectivity index (χ0n) is 30.7. The smallest absolute Gasteiger partial charge is 0.397 e. The van der Waals surface area contributed by atoms with Crippen LogP contribution in [0.3, 0.4) is 0 Å². The van der Waals surface area contributed by atoms with E-state index in [-0.39, 0.29) is 28.6 Å². The number of methoxy groups -OCH3 is 1. The Hall–Kier alpha value is -3.07. The number of phosphoric ester groups is 1. The van der Waals surface area contributed by atoms with Crippen LogP contribution in [0.4, 0.5) is 11.8 Å². The minimum atomic E-state index is -5.46. The van der Waals surface area contributed by atoms with E-state index in [1.54, 1.807) is 6.21 Å². The molecule has 2 saturated heterocycles. The summed E-state index contributed by atoms with van der Waals surface area (Å²) in [6.07, 6.45) is -9.74. The van der Waals surface area contributed by atoms with Crippen molar-refractivity contribution in [2.75, 3.05) is 38.4 Å². The molecule has 6 heterocycles. The lowest BCUT2D eigenvalue weighted by Gasteiger charge is -2.26. The van der Waals surface area contributed by atoms with Crippen LogP contribution in [0.1, 0.15) is 37.9 Å². The Morgan fingerprint density at radius 1 is 0.898 bits per heavy atom. The van der Waals surface area contributed by atoms with Crippen LogP contribution in [-0.2, 0) is 50.4 Å². The van der Waals surface area contributed by atoms with E-state index in [9.17, 15) is 47.9 Å². The summed E-state index contributed by atoms with van der Waals surface area (Å²) in [5, 5.41) is 21.6. The molecule has 3 aromatic heterocycles. The maximum Gasteiger partial charge on any atom is 0.476 e. The van der Waals surface area contributed by atoms with Crippen molar-refractivity contribution >= 4 is 65.7 Å². The van der Waals surface area contributed by atoms with Gasteiger partial charge >= 0.3 is 30.8 Å². The molecule has 0 spiro atoms. The Morgan fingerprint density at radius 2 is 1.56 bits per heavy atom. The zero-order chi connectivity index (χ0) is 43.2. The predicted molar refractivity (Wildman–Crippen MR) is 199 cm³/mol. The number of nitrogens with one attached hydrogen (secondary N) is 1. The van der Waals surface area contributed by atoms with Crippen LogP contribution >= 0.6 is 30.8 Å². The summed E-state index contributed by atoms with van der Waals surface area (Å²) in [6.45, 7) is 0.0776. The van der Waals surface area contributed by atoms with Crippen LogP contribution in [0.5, 0.6) is 0 Å². The van der Waals surface area contributed by atoms with Crippen molar-refractivity contribution in [3.8, 4) is 0 Å². The molecule has 3 aromatic rings. The van der Waals surface area contributed by atoms with Crippen molar-refractivity contribution in [1.29, 1.82) is 0 Å². The van der Waals surface area contributed by atoms with Crippen molar-refractivity contribution in [3.05, 3.63) is 34.3 Å². The van der Waals surface area contributed by atoms with Gasteiger partial charge in [0.05, 0.1) is 43.9 Å². The van der Waals surface area contributed by atoms with Crippen LogP contribution < -0.4 is 17.0 Å². The highest BCUT2D eigenvalue weighted by Gasteiger charge is 2.52. The van der Waals surface area contributed by atoms with Crippen molar-refractivity contribution in [1.82, 2.24) is 29.1 Å². The molecule has 11 atom stereocenters. The zero-order valence-corrected chi connectivity index (χ0v) is 34.3. The first kappa shape index (κ1) is 45.5. The Balaban J connectivity index is 1.21. The normalized spacial score (nSPS) is 29.3. The molecule has 0 radical (unpaired) electrons. The van der Waals surface area contributed by atoms with Gasteiger partial charge in [0.1, 0.15) is 42.3 Å². The number of allylic oxidation sites excluding steroid dienone is 1. The second-order valence-corrected chi connectivity index (χ2v) is 20.0. The molecule has 0 saturated carbocycles. The first-order chi connectivity index (χ1) is 27.5. The fourth-order valence-corrected chi connectivity index (χ4v) is 11.6. The SMILES string of the molecule is CCC1=C(N)c2ncn([C@@H]3O[C@H](COP(=O)(O)CCP(=O)(O)OP(=O)(O)O)[C@@H](OP(=O)(O)OC[C@H]4O[C@@H](n5cnc6c(=O)[nH]c(N)nc65)[C@H](O)[C@@H]4O)[C@H]3OC)c2N=CC1. The molecule has 0 bridgehead atoms. The van der Waals surface area contributed by atoms with Gasteiger partial charge in [0.25, 0.3) is 5.56 Å². The van der Waals surface area contributed by atoms with E-state index in [4.69, 9.17) is 49.0 Å². The quantitative estimate of drug-likeness (QED) is 0.0749. The second kappa shape index (κ2) is 17.4. The largest absolute Gasteiger partial charge is 0.476 e.